The molecule has 0 bridgehead atoms. The number of nitrogens with zero attached hydrogens (tertiary/aromatic N) is 1. The molecule has 1 aliphatic heterocycles. The summed E-state index contributed by atoms with van der Waals surface area (Å²) in [6.45, 7) is 2.66. The number of hydrogen-bond acceptors (Lipinski definition) is 3. The van der Waals surface area contributed by atoms with Crippen molar-refractivity contribution in [2.24, 2.45) is 0 Å². The van der Waals surface area contributed by atoms with E-state index >= 15 is 0 Å². The maximum atomic E-state index is 12.4. The zero-order valence-electron chi connectivity index (χ0n) is 11.8. The second kappa shape index (κ2) is 6.54. The van der Waals surface area contributed by atoms with Gasteiger partial charge in [-0.15, -0.1) is 0 Å². The molecule has 114 valence electrons. The number of ether oxygens (including phenoxy) is 1. The lowest BCUT2D eigenvalue weighted by Gasteiger charge is -2.17. The second-order valence-corrected chi connectivity index (χ2v) is 5.68. The third-order valence-electron chi connectivity index (χ3n) is 3.46. The van der Waals surface area contributed by atoms with Crippen LogP contribution in [-0.2, 0) is 4.79 Å². The number of halogens is 2. The van der Waals surface area contributed by atoms with Gasteiger partial charge in [-0.05, 0) is 18.6 Å². The maximum Gasteiger partial charge on any atom is 0.256 e. The minimum Gasteiger partial charge on any atom is -0.494 e. The van der Waals surface area contributed by atoms with E-state index in [9.17, 15) is 9.59 Å². The molecule has 1 aliphatic rings. The third kappa shape index (κ3) is 3.41. The van der Waals surface area contributed by atoms with Crippen LogP contribution < -0.4 is 10.1 Å². The predicted octanol–water partition coefficient (Wildman–Crippen LogP) is 2.35. The van der Waals surface area contributed by atoms with Crippen molar-refractivity contribution in [3.8, 4) is 5.75 Å². The minimum atomic E-state index is -0.352. The molecule has 1 aromatic carbocycles. The number of nitrogens with one attached hydrogen (secondary N) is 1. The van der Waals surface area contributed by atoms with E-state index in [4.69, 9.17) is 27.9 Å². The standard InChI is InChI=1S/C14H16Cl2N2O3/c1-8(19)18-6-5-9(7-18)17-14(20)12-10(15)3-4-11(16)13(12)21-2/h3-4,9H,5-7H2,1-2H3,(H,17,20). The predicted molar refractivity (Wildman–Crippen MR) is 81.1 cm³/mol. The SMILES string of the molecule is COc1c(Cl)ccc(Cl)c1C(=O)NC1CCN(C(C)=O)C1. The lowest BCUT2D eigenvalue weighted by atomic mass is 10.1. The average molecular weight is 331 g/mol. The molecule has 1 fully saturated rings. The van der Waals surface area contributed by atoms with Crippen molar-refractivity contribution in [1.29, 1.82) is 0 Å². The second-order valence-electron chi connectivity index (χ2n) is 4.86. The molecular formula is C14H16Cl2N2O3. The molecule has 5 nitrogen and oxygen atoms in total. The first-order chi connectivity index (χ1) is 9.93. The van der Waals surface area contributed by atoms with Crippen LogP contribution in [0.1, 0.15) is 23.7 Å². The Balaban J connectivity index is 2.15. The van der Waals surface area contributed by atoms with Crippen LogP contribution in [-0.4, -0.2) is 43.0 Å². The van der Waals surface area contributed by atoms with Crippen molar-refractivity contribution in [1.82, 2.24) is 10.2 Å². The van der Waals surface area contributed by atoms with E-state index in [0.29, 0.717) is 24.5 Å². The van der Waals surface area contributed by atoms with Gasteiger partial charge in [-0.2, -0.15) is 0 Å². The number of benzene rings is 1. The van der Waals surface area contributed by atoms with Crippen LogP contribution in [0.25, 0.3) is 0 Å². The van der Waals surface area contributed by atoms with E-state index < -0.39 is 0 Å². The van der Waals surface area contributed by atoms with E-state index in [1.807, 2.05) is 0 Å². The van der Waals surface area contributed by atoms with Gasteiger partial charge < -0.3 is 15.0 Å². The highest BCUT2D eigenvalue weighted by atomic mass is 35.5. The summed E-state index contributed by atoms with van der Waals surface area (Å²) >= 11 is 12.1. The first kappa shape index (κ1) is 15.9. The third-order valence-corrected chi connectivity index (χ3v) is 4.07. The fourth-order valence-electron chi connectivity index (χ4n) is 2.37. The highest BCUT2D eigenvalue weighted by Crippen LogP contribution is 2.33. The van der Waals surface area contributed by atoms with Crippen LogP contribution in [0.2, 0.25) is 10.0 Å². The van der Waals surface area contributed by atoms with E-state index in [1.165, 1.54) is 14.0 Å². The lowest BCUT2D eigenvalue weighted by molar-refractivity contribution is -0.127. The number of hydrogen-bond donors (Lipinski definition) is 1. The summed E-state index contributed by atoms with van der Waals surface area (Å²) in [6.07, 6.45) is 0.714. The van der Waals surface area contributed by atoms with Gasteiger partial charge >= 0.3 is 0 Å². The number of methoxy groups -OCH3 is 1. The number of likely N-dealkylation sites (tertiary alicyclic amines) is 1. The molecule has 2 amide bonds. The summed E-state index contributed by atoms with van der Waals surface area (Å²) in [5.74, 6) is -0.0945. The monoisotopic (exact) mass is 330 g/mol. The number of carbonyl (C=O) groups excluding carboxylic acids is 2. The average Bonchev–Trinajstić information content (AvgIpc) is 2.89. The van der Waals surface area contributed by atoms with Crippen LogP contribution >= 0.6 is 23.2 Å². The van der Waals surface area contributed by atoms with Gasteiger partial charge in [0.05, 0.1) is 17.2 Å². The fourth-order valence-corrected chi connectivity index (χ4v) is 2.84. The van der Waals surface area contributed by atoms with Crippen LogP contribution in [0.4, 0.5) is 0 Å². The molecule has 1 aromatic rings. The molecule has 1 atom stereocenters. The van der Waals surface area contributed by atoms with Gasteiger partial charge in [-0.25, -0.2) is 0 Å². The van der Waals surface area contributed by atoms with Gasteiger partial charge in [0.1, 0.15) is 5.56 Å². The van der Waals surface area contributed by atoms with Crippen molar-refractivity contribution >= 4 is 35.0 Å². The minimum absolute atomic E-state index is 0.00474. The van der Waals surface area contributed by atoms with Crippen molar-refractivity contribution in [2.75, 3.05) is 20.2 Å². The molecule has 1 saturated heterocycles. The van der Waals surface area contributed by atoms with Gasteiger partial charge in [-0.1, -0.05) is 23.2 Å². The zero-order chi connectivity index (χ0) is 15.6. The number of amides is 2. The van der Waals surface area contributed by atoms with E-state index in [1.54, 1.807) is 17.0 Å². The summed E-state index contributed by atoms with van der Waals surface area (Å²) in [6, 6.07) is 3.03. The Hall–Kier alpha value is -1.46. The molecule has 7 heteroatoms. The Morgan fingerprint density at radius 2 is 2.00 bits per heavy atom. The number of rotatable bonds is 3. The Kier molecular flexibility index (Phi) is 4.96. The first-order valence-corrected chi connectivity index (χ1v) is 7.28. The molecule has 0 aromatic heterocycles. The van der Waals surface area contributed by atoms with Crippen LogP contribution in [0.5, 0.6) is 5.75 Å². The van der Waals surface area contributed by atoms with E-state index in [0.717, 1.165) is 0 Å². The molecule has 0 aliphatic carbocycles. The summed E-state index contributed by atoms with van der Waals surface area (Å²) in [5, 5.41) is 3.46. The molecule has 0 saturated carbocycles. The molecule has 0 radical (unpaired) electrons. The van der Waals surface area contributed by atoms with Gasteiger partial charge in [0.15, 0.2) is 5.75 Å². The largest absolute Gasteiger partial charge is 0.494 e. The van der Waals surface area contributed by atoms with Crippen molar-refractivity contribution in [3.63, 3.8) is 0 Å². The fraction of sp³-hybridized carbons (Fsp3) is 0.429. The quantitative estimate of drug-likeness (QED) is 0.925. The Labute approximate surface area is 133 Å². The molecular weight excluding hydrogens is 315 g/mol. The maximum absolute atomic E-state index is 12.4. The van der Waals surface area contributed by atoms with Crippen LogP contribution in [0, 0.1) is 0 Å². The Morgan fingerprint density at radius 3 is 2.57 bits per heavy atom. The molecule has 0 spiro atoms. The van der Waals surface area contributed by atoms with E-state index in [-0.39, 0.29) is 34.2 Å². The summed E-state index contributed by atoms with van der Waals surface area (Å²) in [5.41, 5.74) is 0.216. The zero-order valence-corrected chi connectivity index (χ0v) is 13.3. The van der Waals surface area contributed by atoms with Crippen molar-refractivity contribution < 1.29 is 14.3 Å². The Bertz CT molecular complexity index is 578. The molecule has 21 heavy (non-hydrogen) atoms. The smallest absolute Gasteiger partial charge is 0.256 e. The van der Waals surface area contributed by atoms with Gasteiger partial charge in [0.2, 0.25) is 5.91 Å². The van der Waals surface area contributed by atoms with Gasteiger partial charge in [0, 0.05) is 26.1 Å². The normalized spacial score (nSPS) is 17.7. The molecule has 1 heterocycles. The van der Waals surface area contributed by atoms with Crippen molar-refractivity contribution in [2.45, 2.75) is 19.4 Å². The molecule has 1 N–H and O–H groups in total. The topological polar surface area (TPSA) is 58.6 Å². The van der Waals surface area contributed by atoms with Crippen molar-refractivity contribution in [3.05, 3.63) is 27.7 Å². The summed E-state index contributed by atoms with van der Waals surface area (Å²) < 4.78 is 5.16. The van der Waals surface area contributed by atoms with Gasteiger partial charge in [-0.3, -0.25) is 9.59 Å². The van der Waals surface area contributed by atoms with Crippen LogP contribution in [0.15, 0.2) is 12.1 Å². The van der Waals surface area contributed by atoms with Crippen LogP contribution in [0.3, 0.4) is 0 Å². The lowest BCUT2D eigenvalue weighted by Crippen LogP contribution is -2.38. The number of carbonyl (C=O) groups is 2. The highest BCUT2D eigenvalue weighted by molar-refractivity contribution is 6.37. The van der Waals surface area contributed by atoms with E-state index in [2.05, 4.69) is 5.32 Å². The molecule has 1 unspecified atom stereocenters. The summed E-state index contributed by atoms with van der Waals surface area (Å²) in [4.78, 5) is 25.4. The Morgan fingerprint density at radius 1 is 1.33 bits per heavy atom. The summed E-state index contributed by atoms with van der Waals surface area (Å²) in [7, 11) is 1.43. The van der Waals surface area contributed by atoms with Gasteiger partial charge in [0.25, 0.3) is 5.91 Å². The molecule has 2 rings (SSSR count). The highest BCUT2D eigenvalue weighted by Gasteiger charge is 2.27. The first-order valence-electron chi connectivity index (χ1n) is 6.52.